The average Bonchev–Trinajstić information content (AvgIpc) is 1.74. The Morgan fingerprint density at radius 1 is 0.367 bits per heavy atom. The van der Waals surface area contributed by atoms with Gasteiger partial charge in [0, 0.05) is 32.7 Å². The van der Waals surface area contributed by atoms with Gasteiger partial charge in [0.25, 0.3) is 0 Å². The molecule has 0 aliphatic carbocycles. The van der Waals surface area contributed by atoms with Crippen molar-refractivity contribution in [2.45, 2.75) is 354 Å². The Balaban J connectivity index is 2.20. The predicted octanol–water partition coefficient (Wildman–Crippen LogP) is -6.07. The molecule has 1 aliphatic heterocycles. The number of primary amides is 3. The third-order valence-corrected chi connectivity index (χ3v) is 22.3. The summed E-state index contributed by atoms with van der Waals surface area (Å²) in [5.41, 5.74) is 2.54. The highest BCUT2D eigenvalue weighted by atomic mass is 16.3. The molecular weight excluding hydrogens is 1820 g/mol. The van der Waals surface area contributed by atoms with Crippen molar-refractivity contribution in [1.29, 1.82) is 0 Å². The van der Waals surface area contributed by atoms with E-state index in [2.05, 4.69) is 101 Å². The molecule has 0 unspecified atom stereocenters. The fourth-order valence-corrected chi connectivity index (χ4v) is 13.8. The molecule has 0 bridgehead atoms. The second-order valence-electron chi connectivity index (χ2n) is 40.4. The molecule has 1 heterocycles. The lowest BCUT2D eigenvalue weighted by molar-refractivity contribution is -0.146. The summed E-state index contributed by atoms with van der Waals surface area (Å²) in [6, 6.07) is -6.28. The number of aliphatic hydroxyl groups is 2. The first-order valence-electron chi connectivity index (χ1n) is 46.0. The van der Waals surface area contributed by atoms with Crippen molar-refractivity contribution in [3.8, 4) is 0 Å². The number of amides is 23. The van der Waals surface area contributed by atoms with Crippen LogP contribution < -0.4 is 118 Å². The van der Waals surface area contributed by atoms with Crippen molar-refractivity contribution < 1.29 is 120 Å². The highest BCUT2D eigenvalue weighted by Gasteiger charge is 2.48. The summed E-state index contributed by atoms with van der Waals surface area (Å²) in [5.74, 6) is -21.6. The van der Waals surface area contributed by atoms with Gasteiger partial charge in [0.1, 0.15) is 105 Å². The smallest absolute Gasteiger partial charge is 0.248 e. The topological polar surface area (TPSA) is 743 Å². The zero-order valence-electron chi connectivity index (χ0n) is 84.5. The summed E-state index contributed by atoms with van der Waals surface area (Å²) in [6.45, 7) is 32.4. The molecule has 0 radical (unpaired) electrons. The molecule has 780 valence electrons. The number of benzene rings is 1. The number of nitrogens with two attached hydrogens (primary N) is 3. The van der Waals surface area contributed by atoms with Crippen molar-refractivity contribution in [2.75, 3.05) is 26.3 Å². The number of nitrogens with zero attached hydrogens (tertiary/aromatic N) is 1. The number of hydrogen-bond donors (Lipinski definition) is 24. The maximum atomic E-state index is 14.6. The van der Waals surface area contributed by atoms with Crippen molar-refractivity contribution in [3.63, 3.8) is 0 Å². The Hall–Kier alpha value is -13.1. The van der Waals surface area contributed by atoms with Crippen LogP contribution in [0.2, 0.25) is 0 Å². The van der Waals surface area contributed by atoms with E-state index in [4.69, 9.17) is 17.2 Å². The molecular formula is C91H151N23O25. The van der Waals surface area contributed by atoms with Gasteiger partial charge in [-0.15, -0.1) is 0 Å². The Bertz CT molecular complexity index is 4640. The summed E-state index contributed by atoms with van der Waals surface area (Å²) >= 11 is 0. The number of carbonyl (C=O) groups excluding carboxylic acids is 23. The molecule has 1 saturated heterocycles. The summed E-state index contributed by atoms with van der Waals surface area (Å²) in [7, 11) is 0. The van der Waals surface area contributed by atoms with Gasteiger partial charge in [-0.3, -0.25) is 110 Å². The number of aliphatic hydroxyl groups excluding tert-OH is 2. The molecule has 2 rings (SSSR count). The molecule has 48 heteroatoms. The van der Waals surface area contributed by atoms with Gasteiger partial charge in [-0.2, -0.15) is 0 Å². The first-order chi connectivity index (χ1) is 63.7. The molecule has 23 amide bonds. The van der Waals surface area contributed by atoms with Gasteiger partial charge in [-0.25, -0.2) is 0 Å². The second-order valence-corrected chi connectivity index (χ2v) is 40.4. The molecule has 27 N–H and O–H groups in total. The zero-order valence-corrected chi connectivity index (χ0v) is 84.5. The molecule has 1 aromatic carbocycles. The van der Waals surface area contributed by atoms with Crippen molar-refractivity contribution in [2.24, 2.45) is 35.0 Å². The van der Waals surface area contributed by atoms with E-state index in [9.17, 15) is 120 Å². The normalized spacial score (nSPS) is 15.3. The largest absolute Gasteiger partial charge is 0.394 e. The molecule has 11 atom stereocenters. The molecule has 48 nitrogen and oxygen atoms in total. The monoisotopic (exact) mass is 1970 g/mol. The van der Waals surface area contributed by atoms with Gasteiger partial charge in [0.15, 0.2) is 0 Å². The Labute approximate surface area is 810 Å². The van der Waals surface area contributed by atoms with E-state index in [1.165, 1.54) is 136 Å². The zero-order chi connectivity index (χ0) is 107. The fraction of sp³-hybridized carbons (Fsp3) is 0.681. The summed E-state index contributed by atoms with van der Waals surface area (Å²) in [5, 5.41) is 67.7. The van der Waals surface area contributed by atoms with E-state index in [0.717, 1.165) is 5.56 Å². The van der Waals surface area contributed by atoms with Crippen molar-refractivity contribution in [3.05, 3.63) is 35.9 Å². The molecule has 139 heavy (non-hydrogen) atoms. The summed E-state index contributed by atoms with van der Waals surface area (Å²) < 4.78 is 0. The van der Waals surface area contributed by atoms with Gasteiger partial charge in [0.05, 0.1) is 25.8 Å². The van der Waals surface area contributed by atoms with E-state index < -0.39 is 298 Å². The minimum atomic E-state index is -1.93. The number of nitrogens with one attached hydrogen (secondary N) is 19. The van der Waals surface area contributed by atoms with E-state index in [1.807, 2.05) is 0 Å². The van der Waals surface area contributed by atoms with Gasteiger partial charge < -0.3 is 133 Å². The van der Waals surface area contributed by atoms with E-state index in [1.54, 1.807) is 71.9 Å². The number of likely N-dealkylation sites (tertiary alicyclic amines) is 1. The standard InChI is InChI=1S/C91H151N23O25/c1-46(2)40-57(72(128)110-91(24,25)83(139)114-39-29-32-60(114)74(130)105-65(48(5)6)75(131)111-90(22,23)82(138)113-87(16,17)79(135)102-55(34-37-62(93)119)69(125)100-54(33-36-61(92)118)68(124)98-53(44-115)42-52-30-27-26-28-31-52)99-64(121)43-95-76(132)84(10,11)109-73(129)58(41-47(3)4)104-78(134)86(14,15)108-71(127)56(35-38-63(94)120)103-80(136)88(18,19)112-81(137)89(20,21)107-67(123)50(8)96-70(126)59(45-116)101-66(122)49(7)97-77(133)85(12,13)106-51(9)117/h26-28,30-31,46-50,53-60,65,115-116H,29,32-45H2,1-25H3,(H2,92,118)(H2,93,119)(H2,94,120)(H,95,132)(H,96,126)(H,97,133)(H,98,124)(H,99,121)(H,100,125)(H,101,122)(H,102,135)(H,103,136)(H,104,134)(H,105,130)(H,106,117)(H,107,123)(H,108,127)(H,109,129)(H,110,128)(H,111,131)(H,112,137)(H,113,138)/t49-,50-,53-,54-,55-,56-,57-,58-,59-,60-,65-/m0/s1. The number of hydrogen-bond acceptors (Lipinski definition) is 25. The Morgan fingerprint density at radius 3 is 1.17 bits per heavy atom. The van der Waals surface area contributed by atoms with E-state index in [-0.39, 0.29) is 56.9 Å². The third-order valence-electron chi connectivity index (χ3n) is 22.3. The first-order valence-corrected chi connectivity index (χ1v) is 46.0. The highest BCUT2D eigenvalue weighted by molar-refractivity contribution is 6.05. The molecule has 1 aliphatic rings. The minimum Gasteiger partial charge on any atom is -0.394 e. The second kappa shape index (κ2) is 52.6. The SMILES string of the molecule is CC(=O)NC(C)(C)C(=O)N[C@@H](C)C(=O)N[C@@H](CO)C(=O)N[C@@H](C)C(=O)NC(C)(C)C(=O)NC(C)(C)C(=O)N[C@@H](CCC(N)=O)C(=O)NC(C)(C)C(=O)N[C@@H](CC(C)C)C(=O)NC(C)(C)C(=O)NCC(=O)N[C@@H](CC(C)C)C(=O)NC(C)(C)C(=O)N1CCC[C@H]1C(=O)N[C@H](C(=O)NC(C)(C)C(=O)NC(C)(C)C(=O)N[C@@H](CCC(N)=O)C(=O)N[C@@H](CCC(N)=O)C(=O)N[C@H](CO)Cc1ccccc1)C(C)C. The summed E-state index contributed by atoms with van der Waals surface area (Å²) in [6.07, 6.45) is -1.90. The molecule has 1 aromatic rings. The van der Waals surface area contributed by atoms with Gasteiger partial charge in [-0.05, 0) is 199 Å². The van der Waals surface area contributed by atoms with Crippen LogP contribution in [0.25, 0.3) is 0 Å². The Morgan fingerprint density at radius 2 is 0.727 bits per heavy atom. The van der Waals surface area contributed by atoms with Crippen LogP contribution in [0.4, 0.5) is 0 Å². The lowest BCUT2D eigenvalue weighted by atomic mass is 9.96. The average molecular weight is 1970 g/mol. The summed E-state index contributed by atoms with van der Waals surface area (Å²) in [4.78, 5) is 313. The van der Waals surface area contributed by atoms with Gasteiger partial charge in [0.2, 0.25) is 136 Å². The van der Waals surface area contributed by atoms with Crippen LogP contribution >= 0.6 is 0 Å². The van der Waals surface area contributed by atoms with Crippen LogP contribution in [-0.2, 0) is 117 Å². The quantitative estimate of drug-likeness (QED) is 0.0289. The molecule has 0 aromatic heterocycles. The molecule has 1 fully saturated rings. The fourth-order valence-electron chi connectivity index (χ4n) is 13.8. The van der Waals surface area contributed by atoms with E-state index >= 15 is 0 Å². The lowest BCUT2D eigenvalue weighted by Crippen LogP contribution is -2.66. The highest BCUT2D eigenvalue weighted by Crippen LogP contribution is 2.25. The minimum absolute atomic E-state index is 0.00231. The number of rotatable bonds is 56. The van der Waals surface area contributed by atoms with Crippen LogP contribution in [-0.4, -0.2) is 288 Å². The Kier molecular flexibility index (Phi) is 46.2. The van der Waals surface area contributed by atoms with Crippen LogP contribution in [0.3, 0.4) is 0 Å². The van der Waals surface area contributed by atoms with Crippen molar-refractivity contribution >= 4 is 136 Å². The van der Waals surface area contributed by atoms with Crippen LogP contribution in [0.5, 0.6) is 0 Å². The molecule has 0 saturated carbocycles. The van der Waals surface area contributed by atoms with Gasteiger partial charge >= 0.3 is 0 Å². The van der Waals surface area contributed by atoms with Crippen LogP contribution in [0, 0.1) is 17.8 Å². The first kappa shape index (κ1) is 122. The maximum Gasteiger partial charge on any atom is 0.248 e. The maximum absolute atomic E-state index is 14.6. The van der Waals surface area contributed by atoms with Crippen LogP contribution in [0.15, 0.2) is 30.3 Å². The molecule has 0 spiro atoms. The van der Waals surface area contributed by atoms with Crippen molar-refractivity contribution in [1.82, 2.24) is 106 Å². The lowest BCUT2D eigenvalue weighted by Gasteiger charge is -2.36. The van der Waals surface area contributed by atoms with E-state index in [0.29, 0.717) is 6.42 Å². The van der Waals surface area contributed by atoms with Gasteiger partial charge in [-0.1, -0.05) is 71.9 Å². The van der Waals surface area contributed by atoms with Crippen LogP contribution in [0.1, 0.15) is 243 Å². The predicted molar refractivity (Wildman–Crippen MR) is 505 cm³/mol. The third kappa shape index (κ3) is 40.1. The number of carbonyl (C=O) groups is 23.